The fourth-order valence-corrected chi connectivity index (χ4v) is 0.648. The molecular formula is C8H12O5. The summed E-state index contributed by atoms with van der Waals surface area (Å²) >= 11 is 0. The normalized spacial score (nSPS) is 18.9. The molecule has 0 bridgehead atoms. The summed E-state index contributed by atoms with van der Waals surface area (Å²) in [5.41, 5.74) is 0. The second kappa shape index (κ2) is 5.45. The van der Waals surface area contributed by atoms with Crippen LogP contribution in [-0.4, -0.2) is 19.3 Å². The van der Waals surface area contributed by atoms with Crippen molar-refractivity contribution in [2.75, 3.05) is 13.2 Å². The van der Waals surface area contributed by atoms with Gasteiger partial charge in [0.15, 0.2) is 0 Å². The zero-order valence-corrected chi connectivity index (χ0v) is 7.23. The Hall–Kier alpha value is -1.20. The SMILES string of the molecule is C=COOOC(=C)OCCC1CO1. The predicted octanol–water partition coefficient (Wildman–Crippen LogP) is 1.29. The lowest BCUT2D eigenvalue weighted by Gasteiger charge is -2.05. The van der Waals surface area contributed by atoms with Crippen LogP contribution in [0.3, 0.4) is 0 Å². The molecule has 0 N–H and O–H groups in total. The van der Waals surface area contributed by atoms with Crippen molar-refractivity contribution in [1.82, 2.24) is 0 Å². The number of hydrogen-bond donors (Lipinski definition) is 0. The summed E-state index contributed by atoms with van der Waals surface area (Å²) < 4.78 is 9.97. The summed E-state index contributed by atoms with van der Waals surface area (Å²) in [5, 5.41) is 4.14. The second-order valence-corrected chi connectivity index (χ2v) is 2.38. The molecule has 5 nitrogen and oxygen atoms in total. The molecular weight excluding hydrogens is 176 g/mol. The van der Waals surface area contributed by atoms with Crippen LogP contribution in [0.25, 0.3) is 0 Å². The first-order chi connectivity index (χ1) is 6.33. The molecule has 0 aromatic carbocycles. The van der Waals surface area contributed by atoms with E-state index in [4.69, 9.17) is 9.47 Å². The third kappa shape index (κ3) is 5.10. The van der Waals surface area contributed by atoms with Crippen LogP contribution in [0, 0.1) is 0 Å². The Morgan fingerprint density at radius 2 is 2.38 bits per heavy atom. The zero-order chi connectivity index (χ0) is 9.52. The van der Waals surface area contributed by atoms with Gasteiger partial charge in [-0.2, -0.15) is 0 Å². The first-order valence-corrected chi connectivity index (χ1v) is 3.87. The Kier molecular flexibility index (Phi) is 4.14. The average Bonchev–Trinajstić information content (AvgIpc) is 2.89. The van der Waals surface area contributed by atoms with E-state index in [0.717, 1.165) is 19.3 Å². The number of ether oxygens (including phenoxy) is 2. The standard InChI is InChI=1S/C8H12O5/c1-3-11-13-12-7(2)9-5-4-8-6-10-8/h3,8H,1-2,4-6H2. The molecule has 1 aliphatic heterocycles. The Morgan fingerprint density at radius 3 is 3.00 bits per heavy atom. The highest BCUT2D eigenvalue weighted by Crippen LogP contribution is 2.13. The molecule has 0 aromatic heterocycles. The van der Waals surface area contributed by atoms with Gasteiger partial charge in [-0.05, 0) is 6.58 Å². The van der Waals surface area contributed by atoms with Gasteiger partial charge in [-0.25, -0.2) is 0 Å². The van der Waals surface area contributed by atoms with E-state index in [1.165, 1.54) is 0 Å². The van der Waals surface area contributed by atoms with Crippen molar-refractivity contribution in [2.24, 2.45) is 0 Å². The van der Waals surface area contributed by atoms with E-state index in [-0.39, 0.29) is 5.95 Å². The van der Waals surface area contributed by atoms with Crippen molar-refractivity contribution in [3.05, 3.63) is 25.4 Å². The maximum atomic E-state index is 5.00. The Bertz CT molecular complexity index is 175. The molecule has 74 valence electrons. The molecule has 0 amide bonds. The van der Waals surface area contributed by atoms with Crippen molar-refractivity contribution in [3.8, 4) is 0 Å². The molecule has 0 spiro atoms. The van der Waals surface area contributed by atoms with Gasteiger partial charge in [-0.15, -0.1) is 0 Å². The van der Waals surface area contributed by atoms with Crippen LogP contribution in [-0.2, 0) is 24.3 Å². The third-order valence-electron chi connectivity index (χ3n) is 1.34. The molecule has 1 saturated heterocycles. The van der Waals surface area contributed by atoms with Crippen LogP contribution in [0.4, 0.5) is 0 Å². The van der Waals surface area contributed by atoms with E-state index < -0.39 is 0 Å². The van der Waals surface area contributed by atoms with Crippen LogP contribution in [0.15, 0.2) is 25.4 Å². The highest BCUT2D eigenvalue weighted by atomic mass is 17.5. The Labute approximate surface area is 76.3 Å². The minimum Gasteiger partial charge on any atom is -0.464 e. The summed E-state index contributed by atoms with van der Waals surface area (Å²) in [6, 6.07) is 0. The fourth-order valence-electron chi connectivity index (χ4n) is 0.648. The van der Waals surface area contributed by atoms with Crippen molar-refractivity contribution in [2.45, 2.75) is 12.5 Å². The lowest BCUT2D eigenvalue weighted by atomic mass is 10.4. The Morgan fingerprint density at radius 1 is 1.62 bits per heavy atom. The summed E-state index contributed by atoms with van der Waals surface area (Å²) in [6.45, 7) is 7.96. The maximum Gasteiger partial charge on any atom is 0.314 e. The summed E-state index contributed by atoms with van der Waals surface area (Å²) in [6.07, 6.45) is 2.23. The molecule has 1 heterocycles. The first-order valence-electron chi connectivity index (χ1n) is 3.87. The van der Waals surface area contributed by atoms with E-state index in [1.807, 2.05) is 0 Å². The average molecular weight is 188 g/mol. The van der Waals surface area contributed by atoms with Gasteiger partial charge in [0, 0.05) is 11.5 Å². The lowest BCUT2D eigenvalue weighted by Crippen LogP contribution is -2.01. The monoisotopic (exact) mass is 188 g/mol. The number of hydrogen-bond acceptors (Lipinski definition) is 5. The van der Waals surface area contributed by atoms with Gasteiger partial charge >= 0.3 is 5.95 Å². The number of rotatable bonds is 8. The van der Waals surface area contributed by atoms with Crippen LogP contribution in [0.1, 0.15) is 6.42 Å². The third-order valence-corrected chi connectivity index (χ3v) is 1.34. The van der Waals surface area contributed by atoms with E-state index in [0.29, 0.717) is 12.7 Å². The van der Waals surface area contributed by atoms with Gasteiger partial charge in [-0.3, -0.25) is 4.89 Å². The van der Waals surface area contributed by atoms with Crippen LogP contribution < -0.4 is 0 Å². The number of epoxide rings is 1. The van der Waals surface area contributed by atoms with E-state index in [1.54, 1.807) is 0 Å². The minimum atomic E-state index is 0.0440. The summed E-state index contributed by atoms with van der Waals surface area (Å²) in [5.74, 6) is 0.0440. The molecule has 13 heavy (non-hydrogen) atoms. The van der Waals surface area contributed by atoms with E-state index in [2.05, 4.69) is 28.0 Å². The van der Waals surface area contributed by atoms with Gasteiger partial charge in [0.1, 0.15) is 6.26 Å². The molecule has 1 unspecified atom stereocenters. The first kappa shape index (κ1) is 9.88. The van der Waals surface area contributed by atoms with Gasteiger partial charge in [-0.1, -0.05) is 6.58 Å². The van der Waals surface area contributed by atoms with Crippen molar-refractivity contribution in [1.29, 1.82) is 0 Å². The van der Waals surface area contributed by atoms with Gasteiger partial charge in [0.05, 0.1) is 19.3 Å². The lowest BCUT2D eigenvalue weighted by molar-refractivity contribution is -0.483. The molecule has 1 atom stereocenters. The molecule has 5 heteroatoms. The van der Waals surface area contributed by atoms with E-state index >= 15 is 0 Å². The molecule has 0 aliphatic carbocycles. The maximum absolute atomic E-state index is 5.00. The highest BCUT2D eigenvalue weighted by molar-refractivity contribution is 4.70. The van der Waals surface area contributed by atoms with Gasteiger partial charge in [0.25, 0.3) is 0 Å². The zero-order valence-electron chi connectivity index (χ0n) is 7.23. The Balaban J connectivity index is 1.87. The molecule has 1 aliphatic rings. The summed E-state index contributed by atoms with van der Waals surface area (Å²) in [7, 11) is 0. The van der Waals surface area contributed by atoms with Gasteiger partial charge < -0.3 is 14.4 Å². The van der Waals surface area contributed by atoms with E-state index in [9.17, 15) is 0 Å². The van der Waals surface area contributed by atoms with Crippen LogP contribution >= 0.6 is 0 Å². The highest BCUT2D eigenvalue weighted by Gasteiger charge is 2.21. The minimum absolute atomic E-state index is 0.0440. The van der Waals surface area contributed by atoms with Crippen LogP contribution in [0.2, 0.25) is 0 Å². The predicted molar refractivity (Wildman–Crippen MR) is 42.9 cm³/mol. The molecule has 0 saturated carbocycles. The smallest absolute Gasteiger partial charge is 0.314 e. The largest absolute Gasteiger partial charge is 0.464 e. The molecule has 0 aromatic rings. The van der Waals surface area contributed by atoms with Crippen LogP contribution in [0.5, 0.6) is 0 Å². The van der Waals surface area contributed by atoms with Gasteiger partial charge in [0.2, 0.25) is 0 Å². The van der Waals surface area contributed by atoms with Crippen molar-refractivity contribution >= 4 is 0 Å². The molecule has 0 radical (unpaired) electrons. The fraction of sp³-hybridized carbons (Fsp3) is 0.500. The topological polar surface area (TPSA) is 49.5 Å². The molecule has 1 fully saturated rings. The second-order valence-electron chi connectivity index (χ2n) is 2.38. The quantitative estimate of drug-likeness (QED) is 0.189. The van der Waals surface area contributed by atoms with Crippen molar-refractivity contribution in [3.63, 3.8) is 0 Å². The summed E-state index contributed by atoms with van der Waals surface area (Å²) in [4.78, 5) is 8.65. The van der Waals surface area contributed by atoms with Crippen molar-refractivity contribution < 1.29 is 24.3 Å². The molecule has 1 rings (SSSR count).